The van der Waals surface area contributed by atoms with Gasteiger partial charge in [-0.05, 0) is 78.2 Å². The van der Waals surface area contributed by atoms with Crippen molar-refractivity contribution in [3.05, 3.63) is 76.1 Å². The number of aliphatic carboxylic acids is 2. The molecule has 5 N–H and O–H groups in total. The van der Waals surface area contributed by atoms with Gasteiger partial charge in [-0.1, -0.05) is 23.2 Å². The van der Waals surface area contributed by atoms with E-state index < -0.39 is 72.4 Å². The molecular weight excluding hydrogens is 969 g/mol. The third-order valence-corrected chi connectivity index (χ3v) is 11.2. The molecule has 0 aliphatic carbocycles. The number of benzene rings is 2. The molecule has 1 aliphatic heterocycles. The lowest BCUT2D eigenvalue weighted by molar-refractivity contribution is -0.144. The number of thioether (sulfide) groups is 1. The van der Waals surface area contributed by atoms with Gasteiger partial charge in [0.1, 0.15) is 23.0 Å². The van der Waals surface area contributed by atoms with Crippen molar-refractivity contribution in [2.45, 2.75) is 57.0 Å². The molecule has 16 nitrogen and oxygen atoms in total. The number of alkyl halides is 3. The van der Waals surface area contributed by atoms with E-state index in [0.29, 0.717) is 27.5 Å². The van der Waals surface area contributed by atoms with Gasteiger partial charge in [-0.25, -0.2) is 23.2 Å². The standard InChI is InChI=1S/C15H12BrClF4N2O2.C14H13ClFN3O3S2.C3H8NO5P/c1-6(2)25-14(24)7-4-8(10(18)5-9(7)17)12-11(16)13(15(19,20)21)23(3)22-12;15-8-5-9(16)10(6-11(8)23-7-12(20)21)17-13-18-3-1-2-4-19(18)14(22)24-13;5-3(6)1-4-2-10(7,8)9/h4-6H,1-3H3;5-6H,1-4,7H2,(H,20,21);4H,1-2H2,(H,5,6)(H2,7,8,9). The molecule has 59 heavy (non-hydrogen) atoms. The van der Waals surface area contributed by atoms with Gasteiger partial charge in [0, 0.05) is 30.6 Å². The van der Waals surface area contributed by atoms with Crippen LogP contribution in [0.3, 0.4) is 0 Å². The van der Waals surface area contributed by atoms with E-state index in [4.69, 9.17) is 47.9 Å². The Bertz CT molecular complexity index is 2390. The highest BCUT2D eigenvalue weighted by Gasteiger charge is 2.39. The SMILES string of the molecule is CC(C)OC(=O)c1cc(-c2nn(C)c(C(F)(F)F)c2Br)c(F)cc1Cl.O=C(O)CNCP(=O)(O)O.O=C(O)CSc1cc(N=c2sc(=O)n3n2CCCC3)c(F)cc1Cl. The first-order valence-corrected chi connectivity index (χ1v) is 21.6. The van der Waals surface area contributed by atoms with Crippen molar-refractivity contribution in [2.24, 2.45) is 12.0 Å². The Labute approximate surface area is 356 Å². The highest BCUT2D eigenvalue weighted by atomic mass is 79.9. The first-order chi connectivity index (χ1) is 27.3. The fraction of sp³-hybridized carbons (Fsp3) is 0.375. The molecule has 2 aromatic carbocycles. The van der Waals surface area contributed by atoms with Crippen molar-refractivity contribution >= 4 is 93.4 Å². The number of esters is 1. The highest BCUT2D eigenvalue weighted by Crippen LogP contribution is 2.41. The Balaban J connectivity index is 0.000000258. The van der Waals surface area contributed by atoms with Crippen LogP contribution < -0.4 is 15.0 Å². The van der Waals surface area contributed by atoms with E-state index in [0.717, 1.165) is 61.2 Å². The van der Waals surface area contributed by atoms with Crippen LogP contribution in [0.1, 0.15) is 42.7 Å². The maximum atomic E-state index is 14.3. The molecule has 0 saturated heterocycles. The van der Waals surface area contributed by atoms with Crippen LogP contribution in [-0.2, 0) is 45.2 Å². The van der Waals surface area contributed by atoms with Crippen LogP contribution in [0.25, 0.3) is 11.3 Å². The Morgan fingerprint density at radius 2 is 1.66 bits per heavy atom. The number of halogens is 8. The van der Waals surface area contributed by atoms with Crippen LogP contribution >= 0.6 is 69.8 Å². The van der Waals surface area contributed by atoms with E-state index in [1.54, 1.807) is 23.2 Å². The molecule has 2 aromatic heterocycles. The third kappa shape index (κ3) is 14.5. The molecule has 0 saturated carbocycles. The van der Waals surface area contributed by atoms with Gasteiger partial charge in [0.25, 0.3) is 0 Å². The van der Waals surface area contributed by atoms with Crippen molar-refractivity contribution < 1.29 is 65.6 Å². The molecule has 0 bridgehead atoms. The fourth-order valence-electron chi connectivity index (χ4n) is 4.83. The molecule has 0 unspecified atom stereocenters. The number of nitrogens with zero attached hydrogens (tertiary/aromatic N) is 5. The van der Waals surface area contributed by atoms with Crippen molar-refractivity contribution in [3.8, 4) is 11.3 Å². The smallest absolute Gasteiger partial charge is 0.434 e. The van der Waals surface area contributed by atoms with E-state index in [9.17, 15) is 45.7 Å². The molecule has 0 atom stereocenters. The number of carbonyl (C=O) groups is 3. The van der Waals surface area contributed by atoms with Crippen LogP contribution in [0.4, 0.5) is 27.6 Å². The largest absolute Gasteiger partial charge is 0.481 e. The van der Waals surface area contributed by atoms with Gasteiger partial charge in [-0.15, -0.1) is 11.8 Å². The van der Waals surface area contributed by atoms with Crippen molar-refractivity contribution in [1.29, 1.82) is 0 Å². The number of ether oxygens (including phenoxy) is 1. The lowest BCUT2D eigenvalue weighted by atomic mass is 10.1. The van der Waals surface area contributed by atoms with Crippen LogP contribution in [0.2, 0.25) is 10.0 Å². The Hall–Kier alpha value is -3.61. The first kappa shape index (κ1) is 49.8. The van der Waals surface area contributed by atoms with Gasteiger partial charge in [0.05, 0.1) is 44.8 Å². The maximum Gasteiger partial charge on any atom is 0.434 e. The minimum atomic E-state index is -4.69. The second-order valence-electron chi connectivity index (χ2n) is 12.2. The van der Waals surface area contributed by atoms with E-state index in [1.807, 2.05) is 0 Å². The molecule has 0 spiro atoms. The topological polar surface area (TPSA) is 228 Å². The number of carboxylic acid groups (broad SMARTS) is 2. The summed E-state index contributed by atoms with van der Waals surface area (Å²) in [5.41, 5.74) is -1.82. The summed E-state index contributed by atoms with van der Waals surface area (Å²) in [5.74, 6) is -4.67. The first-order valence-electron chi connectivity index (χ1n) is 16.5. The van der Waals surface area contributed by atoms with Gasteiger partial charge in [0.15, 0.2) is 5.69 Å². The lowest BCUT2D eigenvalue weighted by Gasteiger charge is -2.15. The number of fused-ring (bicyclic) bond motifs is 1. The van der Waals surface area contributed by atoms with Gasteiger partial charge < -0.3 is 24.7 Å². The summed E-state index contributed by atoms with van der Waals surface area (Å²) in [6.07, 6.45) is -3.87. The summed E-state index contributed by atoms with van der Waals surface area (Å²) in [5, 5.41) is 22.5. The van der Waals surface area contributed by atoms with Crippen molar-refractivity contribution in [2.75, 3.05) is 18.6 Å². The number of nitrogens with one attached hydrogen (secondary N) is 1. The Kier molecular flexibility index (Phi) is 17.9. The molecule has 27 heteroatoms. The molecule has 324 valence electrons. The Morgan fingerprint density at radius 1 is 1.05 bits per heavy atom. The summed E-state index contributed by atoms with van der Waals surface area (Å²) in [6, 6.07) is 4.38. The van der Waals surface area contributed by atoms with E-state index in [-0.39, 0.29) is 43.2 Å². The quantitative estimate of drug-likeness (QED) is 0.0455. The third-order valence-electron chi connectivity index (χ3n) is 7.19. The number of rotatable bonds is 11. The minimum absolute atomic E-state index is 0.0370. The zero-order chi connectivity index (χ0) is 44.6. The van der Waals surface area contributed by atoms with Crippen molar-refractivity contribution in [1.82, 2.24) is 24.5 Å². The predicted octanol–water partition coefficient (Wildman–Crippen LogP) is 6.73. The number of hydrogen-bond acceptors (Lipinski definition) is 11. The van der Waals surface area contributed by atoms with Crippen LogP contribution in [0, 0.1) is 11.6 Å². The number of carbonyl (C=O) groups excluding carboxylic acids is 1. The van der Waals surface area contributed by atoms with E-state index in [1.165, 1.54) is 6.07 Å². The minimum Gasteiger partial charge on any atom is -0.481 e. The average Bonchev–Trinajstić information content (AvgIpc) is 3.58. The van der Waals surface area contributed by atoms with Gasteiger partial charge in [-0.3, -0.25) is 33.6 Å². The van der Waals surface area contributed by atoms with Crippen LogP contribution in [0.15, 0.2) is 43.4 Å². The van der Waals surface area contributed by atoms with Gasteiger partial charge >= 0.3 is 36.6 Å². The lowest BCUT2D eigenvalue weighted by Crippen LogP contribution is -2.31. The Morgan fingerprint density at radius 3 is 2.20 bits per heavy atom. The van der Waals surface area contributed by atoms with Gasteiger partial charge in [-0.2, -0.15) is 18.3 Å². The molecule has 0 amide bonds. The summed E-state index contributed by atoms with van der Waals surface area (Å²) in [4.78, 5) is 65.9. The highest BCUT2D eigenvalue weighted by molar-refractivity contribution is 9.10. The van der Waals surface area contributed by atoms with E-state index >= 15 is 0 Å². The van der Waals surface area contributed by atoms with Crippen LogP contribution in [-0.4, -0.2) is 81.7 Å². The molecule has 4 aromatic rings. The van der Waals surface area contributed by atoms with Crippen molar-refractivity contribution in [3.63, 3.8) is 0 Å². The predicted molar refractivity (Wildman–Crippen MR) is 210 cm³/mol. The second kappa shape index (κ2) is 21.3. The number of aryl methyl sites for hydroxylation is 1. The zero-order valence-electron chi connectivity index (χ0n) is 30.6. The summed E-state index contributed by atoms with van der Waals surface area (Å²) >= 11 is 16.6. The fourth-order valence-corrected chi connectivity index (χ4v) is 8.11. The molecule has 0 radical (unpaired) electrons. The van der Waals surface area contributed by atoms with Gasteiger partial charge in [0.2, 0.25) is 4.80 Å². The number of carboxylic acids is 2. The molecular formula is C32H33BrCl2F5N6O10PS2. The molecule has 3 heterocycles. The summed E-state index contributed by atoms with van der Waals surface area (Å²) in [6.45, 7) is 4.08. The monoisotopic (exact) mass is 1000 g/mol. The summed E-state index contributed by atoms with van der Waals surface area (Å²) < 4.78 is 86.2. The maximum absolute atomic E-state index is 14.3. The summed E-state index contributed by atoms with van der Waals surface area (Å²) in [7, 11) is -3.01. The molecule has 0 fully saturated rings. The van der Waals surface area contributed by atoms with E-state index in [2.05, 4.69) is 31.3 Å². The van der Waals surface area contributed by atoms with Crippen LogP contribution in [0.5, 0.6) is 0 Å². The second-order valence-corrected chi connectivity index (χ2v) is 17.4. The molecule has 1 aliphatic rings. The normalized spacial score (nSPS) is 12.9. The molecule has 5 rings (SSSR count). The number of hydrogen-bond donors (Lipinski definition) is 5. The number of aromatic nitrogens is 4. The average molecular weight is 1000 g/mol. The zero-order valence-corrected chi connectivity index (χ0v) is 36.2.